The number of sulfone groups is 1. The van der Waals surface area contributed by atoms with Crippen LogP contribution in [0.1, 0.15) is 24.2 Å². The Labute approximate surface area is 177 Å². The summed E-state index contributed by atoms with van der Waals surface area (Å²) in [5.74, 6) is -0.390. The van der Waals surface area contributed by atoms with E-state index < -0.39 is 20.4 Å². The molecule has 29 heavy (non-hydrogen) atoms. The predicted molar refractivity (Wildman–Crippen MR) is 117 cm³/mol. The number of ketones is 1. The average molecular weight is 446 g/mol. The highest BCUT2D eigenvalue weighted by atomic mass is 35.5. The molecule has 6 nitrogen and oxygen atoms in total. The molecule has 4 aromatic rings. The van der Waals surface area contributed by atoms with Crippen LogP contribution in [0.25, 0.3) is 21.1 Å². The van der Waals surface area contributed by atoms with E-state index in [1.807, 2.05) is 18.2 Å². The monoisotopic (exact) mass is 445 g/mol. The molecule has 5 rings (SSSR count). The van der Waals surface area contributed by atoms with Crippen molar-refractivity contribution < 1.29 is 13.2 Å². The Hall–Kier alpha value is -2.55. The molecule has 0 saturated heterocycles. The minimum Gasteiger partial charge on any atom is -0.355 e. The number of hydrogen-bond donors (Lipinski definition) is 1. The van der Waals surface area contributed by atoms with Crippen molar-refractivity contribution in [3.05, 3.63) is 53.7 Å². The van der Waals surface area contributed by atoms with Crippen LogP contribution in [-0.2, 0) is 9.84 Å². The van der Waals surface area contributed by atoms with Gasteiger partial charge in [-0.25, -0.2) is 13.4 Å². The lowest BCUT2D eigenvalue weighted by Gasteiger charge is -2.13. The van der Waals surface area contributed by atoms with Gasteiger partial charge in [0.1, 0.15) is 4.75 Å². The fraction of sp³-hybridized carbons (Fsp3) is 0.150. The smallest absolute Gasteiger partial charge is 0.191 e. The molecule has 0 fully saturated rings. The Balaban J connectivity index is 0.00000205. The summed E-state index contributed by atoms with van der Waals surface area (Å²) < 4.78 is 25.4. The SMILES string of the molecule is CC1(C)C(=O)c2cc3nccc(Nc4ccc5scnc5c4)c3cc2S1(=O)=O.Cl. The molecule has 3 heterocycles. The van der Waals surface area contributed by atoms with Crippen LogP contribution < -0.4 is 5.32 Å². The van der Waals surface area contributed by atoms with Crippen molar-refractivity contribution in [3.63, 3.8) is 0 Å². The van der Waals surface area contributed by atoms with Gasteiger partial charge in [-0.3, -0.25) is 9.78 Å². The molecule has 2 aromatic heterocycles. The van der Waals surface area contributed by atoms with E-state index in [-0.39, 0.29) is 22.9 Å². The zero-order valence-electron chi connectivity index (χ0n) is 15.5. The van der Waals surface area contributed by atoms with Crippen molar-refractivity contribution in [1.29, 1.82) is 0 Å². The van der Waals surface area contributed by atoms with E-state index in [0.29, 0.717) is 10.9 Å². The number of anilines is 2. The van der Waals surface area contributed by atoms with Gasteiger partial charge in [-0.05, 0) is 50.2 Å². The normalized spacial score (nSPS) is 16.6. The number of rotatable bonds is 2. The number of fused-ring (bicyclic) bond motifs is 3. The van der Waals surface area contributed by atoms with Gasteiger partial charge in [0.15, 0.2) is 15.6 Å². The summed E-state index contributed by atoms with van der Waals surface area (Å²) in [4.78, 5) is 21.4. The standard InChI is InChI=1S/C20H15N3O3S2.ClH/c1-20(2)19(24)13-8-15-12(9-18(13)28(20,25)26)14(5-6-21-15)23-11-3-4-17-16(7-11)22-10-27-17;/h3-10H,1-2H3,(H,21,23);1H. The number of aromatic nitrogens is 2. The van der Waals surface area contributed by atoms with E-state index in [2.05, 4.69) is 15.3 Å². The topological polar surface area (TPSA) is 89.0 Å². The summed E-state index contributed by atoms with van der Waals surface area (Å²) in [5.41, 5.74) is 5.03. The number of hydrogen-bond acceptors (Lipinski definition) is 7. The maximum absolute atomic E-state index is 12.9. The van der Waals surface area contributed by atoms with Crippen molar-refractivity contribution >= 4 is 71.9 Å². The molecule has 0 bridgehead atoms. The van der Waals surface area contributed by atoms with Crippen molar-refractivity contribution in [2.24, 2.45) is 0 Å². The molecule has 0 aliphatic carbocycles. The van der Waals surface area contributed by atoms with Crippen molar-refractivity contribution in [2.75, 3.05) is 5.32 Å². The summed E-state index contributed by atoms with van der Waals surface area (Å²) in [5, 5.41) is 3.97. The van der Waals surface area contributed by atoms with Crippen LogP contribution in [0.3, 0.4) is 0 Å². The van der Waals surface area contributed by atoms with Gasteiger partial charge in [-0.15, -0.1) is 23.7 Å². The number of benzene rings is 2. The first-order valence-corrected chi connectivity index (χ1v) is 11.0. The number of carbonyl (C=O) groups is 1. The number of pyridine rings is 1. The number of thiazole rings is 1. The summed E-state index contributed by atoms with van der Waals surface area (Å²) in [7, 11) is -3.75. The maximum Gasteiger partial charge on any atom is 0.191 e. The van der Waals surface area contributed by atoms with Crippen LogP contribution >= 0.6 is 23.7 Å². The molecule has 0 amide bonds. The number of carbonyl (C=O) groups excluding carboxylic acids is 1. The summed E-state index contributed by atoms with van der Waals surface area (Å²) in [6.07, 6.45) is 1.64. The van der Waals surface area contributed by atoms with E-state index in [4.69, 9.17) is 0 Å². The zero-order valence-corrected chi connectivity index (χ0v) is 17.9. The van der Waals surface area contributed by atoms with Gasteiger partial charge in [0, 0.05) is 28.5 Å². The van der Waals surface area contributed by atoms with E-state index in [0.717, 1.165) is 21.6 Å². The molecule has 0 atom stereocenters. The Bertz CT molecular complexity index is 1410. The van der Waals surface area contributed by atoms with Gasteiger partial charge in [0.05, 0.1) is 26.1 Å². The molecule has 2 aromatic carbocycles. The fourth-order valence-corrected chi connectivity index (χ4v) is 5.77. The second-order valence-electron chi connectivity index (χ2n) is 7.23. The second kappa shape index (κ2) is 6.48. The molecular weight excluding hydrogens is 430 g/mol. The largest absolute Gasteiger partial charge is 0.355 e. The third-order valence-corrected chi connectivity index (χ3v) is 8.46. The lowest BCUT2D eigenvalue weighted by molar-refractivity contribution is 0.0959. The summed E-state index contributed by atoms with van der Waals surface area (Å²) in [6, 6.07) is 10.8. The molecule has 0 radical (unpaired) electrons. The highest BCUT2D eigenvalue weighted by Crippen LogP contribution is 2.41. The van der Waals surface area contributed by atoms with Crippen LogP contribution in [-0.4, -0.2) is 28.9 Å². The van der Waals surface area contributed by atoms with Gasteiger partial charge in [-0.2, -0.15) is 0 Å². The quantitative estimate of drug-likeness (QED) is 0.478. The zero-order chi connectivity index (χ0) is 19.7. The van der Waals surface area contributed by atoms with Gasteiger partial charge >= 0.3 is 0 Å². The van der Waals surface area contributed by atoms with E-state index >= 15 is 0 Å². The lowest BCUT2D eigenvalue weighted by atomic mass is 9.99. The highest BCUT2D eigenvalue weighted by Gasteiger charge is 2.51. The van der Waals surface area contributed by atoms with Crippen LogP contribution in [0, 0.1) is 0 Å². The number of nitrogens with one attached hydrogen (secondary N) is 1. The van der Waals surface area contributed by atoms with Crippen molar-refractivity contribution in [1.82, 2.24) is 9.97 Å². The summed E-state index contributed by atoms with van der Waals surface area (Å²) >= 11 is 1.57. The average Bonchev–Trinajstić information content (AvgIpc) is 3.18. The second-order valence-corrected chi connectivity index (χ2v) is 10.6. The Morgan fingerprint density at radius 2 is 1.83 bits per heavy atom. The van der Waals surface area contributed by atoms with E-state index in [1.54, 1.807) is 41.2 Å². The first-order valence-electron chi connectivity index (χ1n) is 8.61. The third kappa shape index (κ3) is 2.74. The predicted octanol–water partition coefficient (Wildman–Crippen LogP) is 4.76. The molecule has 9 heteroatoms. The fourth-order valence-electron chi connectivity index (χ4n) is 3.49. The Kier molecular flexibility index (Phi) is 4.41. The van der Waals surface area contributed by atoms with Crippen LogP contribution in [0.2, 0.25) is 0 Å². The highest BCUT2D eigenvalue weighted by molar-refractivity contribution is 7.94. The van der Waals surface area contributed by atoms with Crippen LogP contribution in [0.5, 0.6) is 0 Å². The van der Waals surface area contributed by atoms with Gasteiger partial charge in [0.25, 0.3) is 0 Å². The maximum atomic E-state index is 12.9. The molecule has 0 saturated carbocycles. The van der Waals surface area contributed by atoms with Gasteiger partial charge in [0.2, 0.25) is 0 Å². The number of nitrogens with zero attached hydrogens (tertiary/aromatic N) is 2. The van der Waals surface area contributed by atoms with Crippen LogP contribution in [0.4, 0.5) is 11.4 Å². The van der Waals surface area contributed by atoms with E-state index in [9.17, 15) is 13.2 Å². The van der Waals surface area contributed by atoms with E-state index in [1.165, 1.54) is 13.8 Å². The minimum atomic E-state index is -3.75. The van der Waals surface area contributed by atoms with Gasteiger partial charge < -0.3 is 5.32 Å². The molecule has 1 aliphatic heterocycles. The Morgan fingerprint density at radius 1 is 1.03 bits per heavy atom. The van der Waals surface area contributed by atoms with Crippen LogP contribution in [0.15, 0.2) is 53.0 Å². The molecule has 148 valence electrons. The summed E-state index contributed by atoms with van der Waals surface area (Å²) in [6.45, 7) is 2.90. The molecular formula is C20H16ClN3O3S2. The lowest BCUT2D eigenvalue weighted by Crippen LogP contribution is -2.33. The molecule has 0 unspecified atom stereocenters. The molecule has 0 spiro atoms. The Morgan fingerprint density at radius 3 is 2.62 bits per heavy atom. The first-order chi connectivity index (χ1) is 13.3. The molecule has 1 aliphatic rings. The van der Waals surface area contributed by atoms with Crippen molar-refractivity contribution in [3.8, 4) is 0 Å². The minimum absolute atomic E-state index is 0. The van der Waals surface area contributed by atoms with Crippen molar-refractivity contribution in [2.45, 2.75) is 23.5 Å². The first kappa shape index (κ1) is 19.8. The third-order valence-electron chi connectivity index (χ3n) is 5.21. The molecule has 1 N–H and O–H groups in total. The number of Topliss-reactive ketones (excluding diaryl/α,β-unsaturated/α-hetero) is 1. The number of halogens is 1. The van der Waals surface area contributed by atoms with Gasteiger partial charge in [-0.1, -0.05) is 0 Å².